The predicted molar refractivity (Wildman–Crippen MR) is 215 cm³/mol. The number of likely N-dealkylation sites (tertiary alicyclic amines) is 1. The number of benzene rings is 1. The third-order valence-electron chi connectivity index (χ3n) is 10.2. The third-order valence-corrected chi connectivity index (χ3v) is 10.2. The molecule has 3 atom stereocenters. The van der Waals surface area contributed by atoms with E-state index in [1.54, 1.807) is 33.0 Å². The van der Waals surface area contributed by atoms with Gasteiger partial charge in [-0.2, -0.15) is 0 Å². The normalized spacial score (nSPS) is 15.7. The molecule has 1 aliphatic heterocycles. The smallest absolute Gasteiger partial charge is 0.334 e. The van der Waals surface area contributed by atoms with Crippen LogP contribution in [-0.2, 0) is 24.0 Å². The Morgan fingerprint density at radius 2 is 1.62 bits per heavy atom. The van der Waals surface area contributed by atoms with E-state index in [1.165, 1.54) is 4.90 Å². The molecule has 16 heteroatoms. The fourth-order valence-electron chi connectivity index (χ4n) is 7.01. The van der Waals surface area contributed by atoms with Gasteiger partial charge in [0.05, 0.1) is 24.0 Å². The molecule has 4 aromatic rings. The van der Waals surface area contributed by atoms with Gasteiger partial charge >= 0.3 is 5.97 Å². The summed E-state index contributed by atoms with van der Waals surface area (Å²) in [7, 11) is 5.82. The number of nitrogens with two attached hydrogens (primary N) is 2. The molecule has 0 saturated carbocycles. The van der Waals surface area contributed by atoms with E-state index in [9.17, 15) is 24.0 Å². The Bertz CT molecular complexity index is 2030. The van der Waals surface area contributed by atoms with Crippen LogP contribution in [0.25, 0.3) is 27.3 Å². The lowest BCUT2D eigenvalue weighted by Crippen LogP contribution is -2.57. The van der Waals surface area contributed by atoms with E-state index in [4.69, 9.17) is 21.2 Å². The van der Waals surface area contributed by atoms with Gasteiger partial charge in [-0.3, -0.25) is 24.1 Å². The lowest BCUT2D eigenvalue weighted by atomic mass is 10.0. The Morgan fingerprint density at radius 1 is 0.911 bits per heavy atom. The van der Waals surface area contributed by atoms with Gasteiger partial charge in [-0.1, -0.05) is 32.0 Å². The van der Waals surface area contributed by atoms with Crippen molar-refractivity contribution >= 4 is 56.9 Å². The Morgan fingerprint density at radius 3 is 2.32 bits per heavy atom. The molecular formula is C40H56N10O6. The highest BCUT2D eigenvalue weighted by Crippen LogP contribution is 2.30. The average Bonchev–Trinajstić information content (AvgIpc) is 3.79. The maximum Gasteiger partial charge on any atom is 0.334 e. The number of carbonyl (C=O) groups excluding carboxylic acids is 5. The second-order valence-electron chi connectivity index (χ2n) is 15.1. The van der Waals surface area contributed by atoms with Crippen molar-refractivity contribution in [2.45, 2.75) is 51.2 Å². The fraction of sp³-hybridized carbons (Fsp3) is 0.500. The molecule has 4 amide bonds. The Labute approximate surface area is 327 Å². The summed E-state index contributed by atoms with van der Waals surface area (Å²) in [5.74, 6) is -3.12. The SMILES string of the molecule is CC(C)[C@H](NC(=O)[C@@H]1CCCN1C(=O)[C@H](CC(N)=O)NC(=O)CN(C)CCN(C)CCN(C)CCN)C(=O)Oc1cccc2cc3cn4ccccc4c3nc12. The van der Waals surface area contributed by atoms with Gasteiger partial charge in [-0.05, 0) is 64.2 Å². The number of carbonyl (C=O) groups is 5. The number of ether oxygens (including phenoxy) is 1. The van der Waals surface area contributed by atoms with Gasteiger partial charge in [0.15, 0.2) is 5.75 Å². The van der Waals surface area contributed by atoms with Crippen LogP contribution < -0.4 is 26.8 Å². The number of likely N-dealkylation sites (N-methyl/N-ethyl adjacent to an activating group) is 3. The number of aromatic nitrogens is 2. The first-order chi connectivity index (χ1) is 26.7. The molecule has 0 aliphatic carbocycles. The Kier molecular flexibility index (Phi) is 14.3. The van der Waals surface area contributed by atoms with Gasteiger partial charge in [0.2, 0.25) is 23.6 Å². The van der Waals surface area contributed by atoms with Crippen molar-refractivity contribution in [3.05, 3.63) is 54.9 Å². The highest BCUT2D eigenvalue weighted by atomic mass is 16.5. The number of nitrogens with zero attached hydrogens (tertiary/aromatic N) is 6. The molecule has 0 radical (unpaired) electrons. The number of esters is 1. The standard InChI is InChI=1S/C40H56N10O6/c1-26(2)35(40(55)56-32-13-8-10-27-22-28-24-49-15-7-6-11-30(49)36(28)44-37(27)32)45-38(53)31-12-9-16-50(31)39(54)29(23-33(42)51)43-34(52)25-48(5)21-20-47(4)19-18-46(3)17-14-41/h6-8,10-11,13,15,22,24,26,29,31,35H,9,12,14,16-21,23,25,41H2,1-5H3,(H2,42,51)(H,43,52)(H,45,53)/t29-,31-,35-/m0/s1. The number of para-hydroxylation sites is 1. The zero-order valence-electron chi connectivity index (χ0n) is 33.1. The monoisotopic (exact) mass is 772 g/mol. The van der Waals surface area contributed by atoms with Crippen LogP contribution in [0.1, 0.15) is 33.1 Å². The topological polar surface area (TPSA) is 201 Å². The largest absolute Gasteiger partial charge is 0.423 e. The number of pyridine rings is 2. The van der Waals surface area contributed by atoms with Crippen LogP contribution in [0.5, 0.6) is 5.75 Å². The van der Waals surface area contributed by atoms with Crippen LogP contribution in [0, 0.1) is 5.92 Å². The van der Waals surface area contributed by atoms with Crippen molar-refractivity contribution in [3.8, 4) is 5.75 Å². The minimum Gasteiger partial charge on any atom is -0.423 e. The summed E-state index contributed by atoms with van der Waals surface area (Å²) in [6, 6.07) is 9.95. The zero-order chi connectivity index (χ0) is 40.5. The summed E-state index contributed by atoms with van der Waals surface area (Å²) in [6.45, 7) is 8.23. The maximum absolute atomic E-state index is 13.9. The zero-order valence-corrected chi connectivity index (χ0v) is 33.1. The molecule has 1 fully saturated rings. The first kappa shape index (κ1) is 42.0. The number of fused-ring (bicyclic) bond motifs is 4. The van der Waals surface area contributed by atoms with Crippen molar-refractivity contribution in [2.24, 2.45) is 17.4 Å². The molecule has 0 spiro atoms. The summed E-state index contributed by atoms with van der Waals surface area (Å²) < 4.78 is 7.92. The number of nitrogens with one attached hydrogen (secondary N) is 2. The highest BCUT2D eigenvalue weighted by Gasteiger charge is 2.40. The van der Waals surface area contributed by atoms with Crippen molar-refractivity contribution in [3.63, 3.8) is 0 Å². The molecule has 0 unspecified atom stereocenters. The van der Waals surface area contributed by atoms with Crippen molar-refractivity contribution in [1.29, 1.82) is 0 Å². The van der Waals surface area contributed by atoms with Gasteiger partial charge in [-0.25, -0.2) is 9.78 Å². The van der Waals surface area contributed by atoms with E-state index < -0.39 is 54.1 Å². The van der Waals surface area contributed by atoms with E-state index in [0.29, 0.717) is 38.0 Å². The fourth-order valence-corrected chi connectivity index (χ4v) is 7.01. The minimum atomic E-state index is -1.25. The number of amides is 4. The van der Waals surface area contributed by atoms with Crippen LogP contribution in [0.2, 0.25) is 0 Å². The molecule has 1 saturated heterocycles. The molecular weight excluding hydrogens is 717 g/mol. The average molecular weight is 773 g/mol. The summed E-state index contributed by atoms with van der Waals surface area (Å²) in [5.41, 5.74) is 13.3. The number of rotatable bonds is 19. The summed E-state index contributed by atoms with van der Waals surface area (Å²) in [4.78, 5) is 79.0. The molecule has 4 heterocycles. The molecule has 6 N–H and O–H groups in total. The van der Waals surface area contributed by atoms with Crippen molar-refractivity contribution < 1.29 is 28.7 Å². The van der Waals surface area contributed by atoms with Gasteiger partial charge < -0.3 is 45.9 Å². The number of primary amides is 1. The molecule has 3 aromatic heterocycles. The lowest BCUT2D eigenvalue weighted by Gasteiger charge is -2.30. The van der Waals surface area contributed by atoms with Crippen LogP contribution in [0.3, 0.4) is 0 Å². The third kappa shape index (κ3) is 10.6. The summed E-state index contributed by atoms with van der Waals surface area (Å²) >= 11 is 0. The van der Waals surface area contributed by atoms with Gasteiger partial charge in [-0.15, -0.1) is 0 Å². The number of hydrogen-bond acceptors (Lipinski definition) is 11. The second kappa shape index (κ2) is 19.1. The van der Waals surface area contributed by atoms with Gasteiger partial charge in [0.1, 0.15) is 23.6 Å². The molecule has 56 heavy (non-hydrogen) atoms. The van der Waals surface area contributed by atoms with E-state index in [1.807, 2.05) is 66.1 Å². The quantitative estimate of drug-likeness (QED) is 0.0776. The van der Waals surface area contributed by atoms with Crippen LogP contribution >= 0.6 is 0 Å². The summed E-state index contributed by atoms with van der Waals surface area (Å²) in [5, 5.41) is 7.23. The predicted octanol–water partition coefficient (Wildman–Crippen LogP) is 0.792. The summed E-state index contributed by atoms with van der Waals surface area (Å²) in [6.07, 6.45) is 4.36. The number of hydrogen-bond donors (Lipinski definition) is 4. The first-order valence-electron chi connectivity index (χ1n) is 19.2. The molecule has 1 aliphatic rings. The minimum absolute atomic E-state index is 0.00898. The molecule has 302 valence electrons. The van der Waals surface area contributed by atoms with Crippen LogP contribution in [0.4, 0.5) is 0 Å². The van der Waals surface area contributed by atoms with Crippen LogP contribution in [-0.4, -0.2) is 150 Å². The van der Waals surface area contributed by atoms with E-state index in [0.717, 1.165) is 41.4 Å². The maximum atomic E-state index is 13.9. The van der Waals surface area contributed by atoms with Crippen LogP contribution in [0.15, 0.2) is 54.9 Å². The Hall–Kier alpha value is -5.16. The van der Waals surface area contributed by atoms with E-state index >= 15 is 0 Å². The van der Waals surface area contributed by atoms with Gasteiger partial charge in [0.25, 0.3) is 0 Å². The lowest BCUT2D eigenvalue weighted by molar-refractivity contribution is -0.145. The van der Waals surface area contributed by atoms with Crippen molar-refractivity contribution in [2.75, 3.05) is 73.5 Å². The molecule has 0 bridgehead atoms. The van der Waals surface area contributed by atoms with E-state index in [-0.39, 0.29) is 24.8 Å². The highest BCUT2D eigenvalue weighted by molar-refractivity contribution is 6.03. The molecule has 16 nitrogen and oxygen atoms in total. The van der Waals surface area contributed by atoms with Gasteiger partial charge in [0, 0.05) is 69.0 Å². The Balaban J connectivity index is 1.21. The van der Waals surface area contributed by atoms with Crippen molar-refractivity contribution in [1.82, 2.24) is 39.6 Å². The second-order valence-corrected chi connectivity index (χ2v) is 15.1. The molecule has 1 aromatic carbocycles. The first-order valence-corrected chi connectivity index (χ1v) is 19.2. The molecule has 5 rings (SSSR count). The van der Waals surface area contributed by atoms with E-state index in [2.05, 4.69) is 20.4 Å².